The van der Waals surface area contributed by atoms with E-state index in [2.05, 4.69) is 46.6 Å². The lowest BCUT2D eigenvalue weighted by molar-refractivity contribution is -0.110. The van der Waals surface area contributed by atoms with Crippen molar-refractivity contribution in [2.45, 2.75) is 71.6 Å². The van der Waals surface area contributed by atoms with Gasteiger partial charge < -0.3 is 20.1 Å². The van der Waals surface area contributed by atoms with Crippen molar-refractivity contribution in [3.8, 4) is 11.3 Å². The molecule has 2 aliphatic heterocycles. The molecule has 216 valence electrons. The minimum atomic E-state index is -0.116. The summed E-state index contributed by atoms with van der Waals surface area (Å²) in [6, 6.07) is 6.12. The Bertz CT molecular complexity index is 1470. The van der Waals surface area contributed by atoms with Gasteiger partial charge in [0.15, 0.2) is 0 Å². The molecule has 41 heavy (non-hydrogen) atoms. The summed E-state index contributed by atoms with van der Waals surface area (Å²) in [4.78, 5) is 39.7. The van der Waals surface area contributed by atoms with E-state index in [4.69, 9.17) is 4.98 Å². The molecule has 1 fully saturated rings. The Morgan fingerprint density at radius 3 is 2.71 bits per heavy atom. The number of aromatic amines is 1. The molecule has 1 aromatic carbocycles. The largest absolute Gasteiger partial charge is 0.358 e. The molecule has 0 radical (unpaired) electrons. The summed E-state index contributed by atoms with van der Waals surface area (Å²) < 4.78 is 0. The maximum Gasteiger partial charge on any atom is 0.256 e. The van der Waals surface area contributed by atoms with Crippen molar-refractivity contribution in [1.29, 1.82) is 0 Å². The number of hydrogen-bond donors (Lipinski definition) is 2. The molecule has 0 unspecified atom stereocenters. The van der Waals surface area contributed by atoms with Crippen molar-refractivity contribution in [3.63, 3.8) is 0 Å². The number of amides is 2. The molecule has 7 nitrogen and oxygen atoms in total. The monoisotopic (exact) mass is 571 g/mol. The van der Waals surface area contributed by atoms with Crippen molar-refractivity contribution in [2.24, 2.45) is 0 Å². The zero-order chi connectivity index (χ0) is 28.5. The second-order valence-corrected chi connectivity index (χ2v) is 12.5. The van der Waals surface area contributed by atoms with Crippen LogP contribution in [0, 0.1) is 6.92 Å². The average Bonchev–Trinajstić information content (AvgIpc) is 3.66. The number of nitrogens with one attached hydrogen (secondary N) is 2. The van der Waals surface area contributed by atoms with Crippen molar-refractivity contribution in [1.82, 2.24) is 19.8 Å². The van der Waals surface area contributed by atoms with Crippen LogP contribution in [0.25, 0.3) is 22.9 Å². The van der Waals surface area contributed by atoms with E-state index in [1.807, 2.05) is 24.0 Å². The molecule has 0 spiro atoms. The lowest BCUT2D eigenvalue weighted by Crippen LogP contribution is -2.38. The number of thiazole rings is 1. The number of likely N-dealkylation sites (N-methyl/N-ethyl adjacent to an activating group) is 1. The number of hydrogen-bond acceptors (Lipinski definition) is 5. The second-order valence-electron chi connectivity index (χ2n) is 11.6. The van der Waals surface area contributed by atoms with Crippen LogP contribution in [0.3, 0.4) is 0 Å². The number of aromatic nitrogens is 2. The lowest BCUT2D eigenvalue weighted by atomic mass is 9.90. The first kappa shape index (κ1) is 27.9. The minimum Gasteiger partial charge on any atom is -0.358 e. The summed E-state index contributed by atoms with van der Waals surface area (Å²) in [5, 5.41) is 6.43. The third kappa shape index (κ3) is 5.52. The van der Waals surface area contributed by atoms with Gasteiger partial charge in [0, 0.05) is 59.1 Å². The van der Waals surface area contributed by atoms with Gasteiger partial charge in [-0.3, -0.25) is 9.59 Å². The molecule has 4 heterocycles. The van der Waals surface area contributed by atoms with Crippen LogP contribution < -0.4 is 5.32 Å². The third-order valence-electron chi connectivity index (χ3n) is 9.17. The van der Waals surface area contributed by atoms with Crippen molar-refractivity contribution >= 4 is 40.5 Å². The van der Waals surface area contributed by atoms with Gasteiger partial charge in [-0.15, -0.1) is 11.3 Å². The van der Waals surface area contributed by atoms with Crippen LogP contribution in [0.2, 0.25) is 0 Å². The van der Waals surface area contributed by atoms with E-state index in [1.54, 1.807) is 11.3 Å². The Hall–Kier alpha value is -3.23. The summed E-state index contributed by atoms with van der Waals surface area (Å²) in [6.07, 6.45) is 10.1. The van der Waals surface area contributed by atoms with Crippen LogP contribution in [-0.2, 0) is 11.2 Å². The van der Waals surface area contributed by atoms with E-state index in [0.29, 0.717) is 11.5 Å². The Kier molecular flexibility index (Phi) is 8.13. The van der Waals surface area contributed by atoms with Gasteiger partial charge in [-0.2, -0.15) is 0 Å². The molecule has 3 aromatic rings. The first-order valence-electron chi connectivity index (χ1n) is 15.3. The fourth-order valence-electron chi connectivity index (χ4n) is 6.62. The second kappa shape index (κ2) is 11.9. The van der Waals surface area contributed by atoms with E-state index in [0.717, 1.165) is 90.6 Å². The number of rotatable bonds is 8. The highest BCUT2D eigenvalue weighted by atomic mass is 32.1. The first-order chi connectivity index (χ1) is 20.0. The van der Waals surface area contributed by atoms with E-state index in [9.17, 15) is 9.59 Å². The number of benzene rings is 1. The SMILES string of the molecule is CCN(CC)CCN1CCCc2[nH]c(/C=C3\C(=O)Nc4ccc(-c5csc(C6CCCCC6)n5)cc43)c(C)c2C1=O. The topological polar surface area (TPSA) is 81.3 Å². The predicted octanol–water partition coefficient (Wildman–Crippen LogP) is 6.72. The zero-order valence-corrected chi connectivity index (χ0v) is 25.3. The molecule has 0 saturated heterocycles. The van der Waals surface area contributed by atoms with Crippen LogP contribution >= 0.6 is 11.3 Å². The highest BCUT2D eigenvalue weighted by Gasteiger charge is 2.30. The summed E-state index contributed by atoms with van der Waals surface area (Å²) in [5.74, 6) is 0.561. The molecule has 2 N–H and O–H groups in total. The predicted molar refractivity (Wildman–Crippen MR) is 167 cm³/mol. The summed E-state index contributed by atoms with van der Waals surface area (Å²) in [5.41, 5.74) is 7.85. The van der Waals surface area contributed by atoms with E-state index in [-0.39, 0.29) is 11.8 Å². The average molecular weight is 572 g/mol. The summed E-state index contributed by atoms with van der Waals surface area (Å²) in [7, 11) is 0. The van der Waals surface area contributed by atoms with Gasteiger partial charge in [0.1, 0.15) is 0 Å². The van der Waals surface area contributed by atoms with Gasteiger partial charge in [-0.1, -0.05) is 39.2 Å². The Morgan fingerprint density at radius 1 is 1.12 bits per heavy atom. The van der Waals surface area contributed by atoms with E-state index in [1.165, 1.54) is 37.1 Å². The molecule has 1 saturated carbocycles. The minimum absolute atomic E-state index is 0.0962. The van der Waals surface area contributed by atoms with Gasteiger partial charge in [0.25, 0.3) is 11.8 Å². The van der Waals surface area contributed by atoms with Crippen LogP contribution in [-0.4, -0.2) is 64.3 Å². The Labute approximate surface area is 247 Å². The zero-order valence-electron chi connectivity index (χ0n) is 24.5. The molecule has 6 rings (SSSR count). The fraction of sp³-hybridized carbons (Fsp3) is 0.485. The fourth-order valence-corrected chi connectivity index (χ4v) is 7.62. The van der Waals surface area contributed by atoms with Crippen LogP contribution in [0.5, 0.6) is 0 Å². The highest BCUT2D eigenvalue weighted by molar-refractivity contribution is 7.10. The molecule has 0 bridgehead atoms. The lowest BCUT2D eigenvalue weighted by Gasteiger charge is -2.25. The maximum absolute atomic E-state index is 13.7. The Balaban J connectivity index is 1.28. The Morgan fingerprint density at radius 2 is 1.93 bits per heavy atom. The van der Waals surface area contributed by atoms with Gasteiger partial charge in [0.05, 0.1) is 21.8 Å². The molecule has 0 atom stereocenters. The number of aryl methyl sites for hydroxylation is 1. The van der Waals surface area contributed by atoms with Crippen molar-refractivity contribution in [3.05, 3.63) is 56.7 Å². The standard InChI is InChI=1S/C33H41N5O2S/c1-4-37(5-2)16-17-38-15-9-12-27-30(33(38)40)21(3)28(34-27)19-25-24-18-23(13-14-26(24)35-31(25)39)29-20-41-32(36-29)22-10-7-6-8-11-22/h13-14,18-20,22,34H,4-12,15-17H2,1-3H3,(H,35,39)/b25-19-. The van der Waals surface area contributed by atoms with Gasteiger partial charge in [-0.05, 0) is 69.5 Å². The van der Waals surface area contributed by atoms with Crippen molar-refractivity contribution in [2.75, 3.05) is 38.0 Å². The third-order valence-corrected chi connectivity index (χ3v) is 10.2. The van der Waals surface area contributed by atoms with Gasteiger partial charge in [0.2, 0.25) is 0 Å². The molecule has 1 aliphatic carbocycles. The molecular formula is C33H41N5O2S. The van der Waals surface area contributed by atoms with Crippen LogP contribution in [0.15, 0.2) is 23.6 Å². The van der Waals surface area contributed by atoms with Crippen LogP contribution in [0.4, 0.5) is 5.69 Å². The number of carbonyl (C=O) groups excluding carboxylic acids is 2. The highest BCUT2D eigenvalue weighted by Crippen LogP contribution is 2.39. The number of carbonyl (C=O) groups is 2. The van der Waals surface area contributed by atoms with E-state index < -0.39 is 0 Å². The molecular weight excluding hydrogens is 530 g/mol. The van der Waals surface area contributed by atoms with Gasteiger partial charge >= 0.3 is 0 Å². The van der Waals surface area contributed by atoms with E-state index >= 15 is 0 Å². The van der Waals surface area contributed by atoms with Gasteiger partial charge in [-0.25, -0.2) is 4.98 Å². The molecule has 2 amide bonds. The first-order valence-corrected chi connectivity index (χ1v) is 16.2. The number of H-pyrrole nitrogens is 1. The maximum atomic E-state index is 13.7. The molecule has 3 aliphatic rings. The number of fused-ring (bicyclic) bond motifs is 2. The normalized spacial score (nSPS) is 18.6. The number of anilines is 1. The summed E-state index contributed by atoms with van der Waals surface area (Å²) >= 11 is 1.76. The smallest absolute Gasteiger partial charge is 0.256 e. The summed E-state index contributed by atoms with van der Waals surface area (Å²) in [6.45, 7) is 10.7. The quantitative estimate of drug-likeness (QED) is 0.294. The van der Waals surface area contributed by atoms with Crippen LogP contribution in [0.1, 0.15) is 96.2 Å². The number of nitrogens with zero attached hydrogens (tertiary/aromatic N) is 3. The molecule has 8 heteroatoms. The van der Waals surface area contributed by atoms with Crippen molar-refractivity contribution < 1.29 is 9.59 Å². The molecule has 2 aromatic heterocycles.